The maximum Gasteiger partial charge on any atom is 0.274 e. The summed E-state index contributed by atoms with van der Waals surface area (Å²) in [6.45, 7) is 6.93. The minimum atomic E-state index is -0.641. The topological polar surface area (TPSA) is 61.6 Å². The van der Waals surface area contributed by atoms with Crippen molar-refractivity contribution in [3.63, 3.8) is 0 Å². The third-order valence-electron chi connectivity index (χ3n) is 7.05. The van der Waals surface area contributed by atoms with Crippen LogP contribution in [-0.2, 0) is 19.5 Å². The fourth-order valence-electron chi connectivity index (χ4n) is 5.03. The van der Waals surface area contributed by atoms with Gasteiger partial charge in [0.15, 0.2) is 0 Å². The Hall–Kier alpha value is -2.70. The largest absolute Gasteiger partial charge is 0.390 e. The van der Waals surface area contributed by atoms with Crippen molar-refractivity contribution in [1.29, 1.82) is 0 Å². The fourth-order valence-corrected chi connectivity index (χ4v) is 5.03. The van der Waals surface area contributed by atoms with Crippen molar-refractivity contribution in [2.75, 3.05) is 31.1 Å². The van der Waals surface area contributed by atoms with Gasteiger partial charge in [0.1, 0.15) is 0 Å². The molecule has 1 aromatic heterocycles. The normalized spacial score (nSPS) is 18.6. The second kappa shape index (κ2) is 9.04. The number of rotatable bonds is 5. The monoisotopic (exact) mass is 432 g/mol. The smallest absolute Gasteiger partial charge is 0.274 e. The van der Waals surface area contributed by atoms with E-state index in [1.807, 2.05) is 12.1 Å². The van der Waals surface area contributed by atoms with Crippen molar-refractivity contribution in [3.8, 4) is 0 Å². The summed E-state index contributed by atoms with van der Waals surface area (Å²) in [5.41, 5.74) is 3.74. The van der Waals surface area contributed by atoms with E-state index in [1.165, 1.54) is 28.7 Å². The Balaban J connectivity index is 1.27. The van der Waals surface area contributed by atoms with Gasteiger partial charge < -0.3 is 10.0 Å². The highest BCUT2D eigenvalue weighted by molar-refractivity contribution is 5.84. The highest BCUT2D eigenvalue weighted by atomic mass is 16.3. The van der Waals surface area contributed by atoms with E-state index >= 15 is 0 Å². The zero-order valence-corrected chi connectivity index (χ0v) is 18.8. The Kier molecular flexibility index (Phi) is 5.98. The standard InChI is InChI=1S/C26H32N4O2/c1-19-8-12-29(13-9-19)23-6-7-25-22(14-23)15-27-30(26(25)32)18-24(31)17-28-11-10-20-4-2-3-5-21(20)16-28/h2-7,14-15,19,24,31H,8-13,16-18H2,1H3/t24-/m1/s1. The molecule has 0 bridgehead atoms. The lowest BCUT2D eigenvalue weighted by atomic mass is 9.98. The van der Waals surface area contributed by atoms with Crippen molar-refractivity contribution in [2.45, 2.75) is 45.4 Å². The fraction of sp³-hybridized carbons (Fsp3) is 0.462. The van der Waals surface area contributed by atoms with Crippen LogP contribution in [-0.4, -0.2) is 52.1 Å². The Morgan fingerprint density at radius 1 is 1.06 bits per heavy atom. The molecule has 2 aromatic carbocycles. The van der Waals surface area contributed by atoms with Crippen LogP contribution in [0.3, 0.4) is 0 Å². The van der Waals surface area contributed by atoms with Crippen LogP contribution in [0.4, 0.5) is 5.69 Å². The number of nitrogens with zero attached hydrogens (tertiary/aromatic N) is 4. The molecule has 2 aliphatic heterocycles. The molecule has 2 aliphatic rings. The van der Waals surface area contributed by atoms with E-state index in [0.29, 0.717) is 11.9 Å². The van der Waals surface area contributed by atoms with Gasteiger partial charge in [-0.3, -0.25) is 9.69 Å². The quantitative estimate of drug-likeness (QED) is 0.672. The van der Waals surface area contributed by atoms with Gasteiger partial charge in [0.25, 0.3) is 5.56 Å². The third-order valence-corrected chi connectivity index (χ3v) is 7.05. The Morgan fingerprint density at radius 2 is 1.84 bits per heavy atom. The first-order valence-corrected chi connectivity index (χ1v) is 11.8. The predicted molar refractivity (Wildman–Crippen MR) is 128 cm³/mol. The van der Waals surface area contributed by atoms with Gasteiger partial charge in [-0.25, -0.2) is 4.68 Å². The molecule has 6 nitrogen and oxygen atoms in total. The molecule has 0 aliphatic carbocycles. The van der Waals surface area contributed by atoms with Crippen LogP contribution < -0.4 is 10.5 Å². The van der Waals surface area contributed by atoms with E-state index in [0.717, 1.165) is 49.6 Å². The first kappa shape index (κ1) is 21.2. The predicted octanol–water partition coefficient (Wildman–Crippen LogP) is 3.05. The number of aromatic nitrogens is 2. The number of aliphatic hydroxyl groups is 1. The summed E-state index contributed by atoms with van der Waals surface area (Å²) >= 11 is 0. The van der Waals surface area contributed by atoms with Crippen LogP contribution in [0.2, 0.25) is 0 Å². The molecule has 0 radical (unpaired) electrons. The molecule has 168 valence electrons. The van der Waals surface area contributed by atoms with Crippen molar-refractivity contribution in [1.82, 2.24) is 14.7 Å². The molecular formula is C26H32N4O2. The molecule has 3 aromatic rings. The SMILES string of the molecule is CC1CCN(c2ccc3c(=O)n(C[C@H](O)CN4CCc5ccccc5C4)ncc3c2)CC1. The number of benzene rings is 2. The second-order valence-electron chi connectivity index (χ2n) is 9.48. The third kappa shape index (κ3) is 4.43. The average Bonchev–Trinajstić information content (AvgIpc) is 2.81. The van der Waals surface area contributed by atoms with Crippen molar-refractivity contribution < 1.29 is 5.11 Å². The van der Waals surface area contributed by atoms with Crippen LogP contribution in [0, 0.1) is 5.92 Å². The van der Waals surface area contributed by atoms with Crippen LogP contribution in [0.25, 0.3) is 10.8 Å². The van der Waals surface area contributed by atoms with Crippen molar-refractivity contribution in [2.24, 2.45) is 5.92 Å². The second-order valence-corrected chi connectivity index (χ2v) is 9.48. The van der Waals surface area contributed by atoms with E-state index in [9.17, 15) is 9.90 Å². The number of piperidine rings is 1. The minimum Gasteiger partial charge on any atom is -0.390 e. The summed E-state index contributed by atoms with van der Waals surface area (Å²) in [6.07, 6.45) is 4.53. The molecule has 32 heavy (non-hydrogen) atoms. The molecule has 3 heterocycles. The summed E-state index contributed by atoms with van der Waals surface area (Å²) < 4.78 is 1.41. The van der Waals surface area contributed by atoms with Crippen LogP contribution in [0.5, 0.6) is 0 Å². The van der Waals surface area contributed by atoms with Crippen LogP contribution in [0.1, 0.15) is 30.9 Å². The van der Waals surface area contributed by atoms with Crippen LogP contribution in [0.15, 0.2) is 53.5 Å². The maximum absolute atomic E-state index is 13.0. The zero-order valence-electron chi connectivity index (χ0n) is 18.8. The van der Waals surface area contributed by atoms with Gasteiger partial charge in [-0.05, 0) is 54.5 Å². The van der Waals surface area contributed by atoms with Crippen LogP contribution >= 0.6 is 0 Å². The highest BCUT2D eigenvalue weighted by Crippen LogP contribution is 2.25. The lowest BCUT2D eigenvalue weighted by Crippen LogP contribution is -2.40. The van der Waals surface area contributed by atoms with E-state index in [-0.39, 0.29) is 12.1 Å². The molecule has 6 heteroatoms. The number of fused-ring (bicyclic) bond motifs is 2. The molecule has 5 rings (SSSR count). The molecule has 0 amide bonds. The molecule has 0 unspecified atom stereocenters. The van der Waals surface area contributed by atoms with E-state index in [4.69, 9.17) is 0 Å². The number of β-amino-alcohol motifs (C(OH)–C–C–N with tert-alkyl or cyclic N) is 1. The summed E-state index contributed by atoms with van der Waals surface area (Å²) in [6, 6.07) is 14.5. The van der Waals surface area contributed by atoms with Gasteiger partial charge in [0, 0.05) is 43.8 Å². The summed E-state index contributed by atoms with van der Waals surface area (Å²) in [5, 5.41) is 16.6. The van der Waals surface area contributed by atoms with Gasteiger partial charge in [0.2, 0.25) is 0 Å². The van der Waals surface area contributed by atoms with Gasteiger partial charge in [0.05, 0.1) is 24.2 Å². The molecule has 0 spiro atoms. The molecule has 1 fully saturated rings. The zero-order chi connectivity index (χ0) is 22.1. The Labute approximate surface area is 189 Å². The number of aliphatic hydroxyl groups excluding tert-OH is 1. The Morgan fingerprint density at radius 3 is 2.66 bits per heavy atom. The first-order valence-electron chi connectivity index (χ1n) is 11.8. The molecule has 0 saturated carbocycles. The maximum atomic E-state index is 13.0. The minimum absolute atomic E-state index is 0.135. The van der Waals surface area contributed by atoms with Gasteiger partial charge >= 0.3 is 0 Å². The average molecular weight is 433 g/mol. The van der Waals surface area contributed by atoms with Crippen molar-refractivity contribution >= 4 is 16.5 Å². The van der Waals surface area contributed by atoms with Crippen molar-refractivity contribution in [3.05, 3.63) is 70.1 Å². The lowest BCUT2D eigenvalue weighted by Gasteiger charge is -2.32. The number of anilines is 1. The van der Waals surface area contributed by atoms with E-state index < -0.39 is 6.10 Å². The summed E-state index contributed by atoms with van der Waals surface area (Å²) in [7, 11) is 0. The molecule has 1 N–H and O–H groups in total. The number of hydrogen-bond acceptors (Lipinski definition) is 5. The van der Waals surface area contributed by atoms with E-state index in [2.05, 4.69) is 52.2 Å². The molecule has 1 saturated heterocycles. The number of hydrogen-bond donors (Lipinski definition) is 1. The van der Waals surface area contributed by atoms with Gasteiger partial charge in [-0.15, -0.1) is 0 Å². The van der Waals surface area contributed by atoms with Gasteiger partial charge in [-0.2, -0.15) is 5.10 Å². The molecular weight excluding hydrogens is 400 g/mol. The molecule has 1 atom stereocenters. The van der Waals surface area contributed by atoms with Gasteiger partial charge in [-0.1, -0.05) is 31.2 Å². The lowest BCUT2D eigenvalue weighted by molar-refractivity contribution is 0.0878. The summed E-state index contributed by atoms with van der Waals surface area (Å²) in [5.74, 6) is 0.784. The van der Waals surface area contributed by atoms with E-state index in [1.54, 1.807) is 6.20 Å². The summed E-state index contributed by atoms with van der Waals surface area (Å²) in [4.78, 5) is 17.7. The first-order chi connectivity index (χ1) is 15.6. The Bertz CT molecular complexity index is 1150. The highest BCUT2D eigenvalue weighted by Gasteiger charge is 2.20.